The molecule has 0 aliphatic carbocycles. The van der Waals surface area contributed by atoms with Crippen molar-refractivity contribution in [2.45, 2.75) is 25.0 Å². The van der Waals surface area contributed by atoms with Crippen LogP contribution >= 0.6 is 11.6 Å². The van der Waals surface area contributed by atoms with Crippen molar-refractivity contribution in [3.05, 3.63) is 82.2 Å². The Balaban J connectivity index is 1.87. The number of hydrazone groups is 1. The van der Waals surface area contributed by atoms with Gasteiger partial charge in [0.2, 0.25) is 0 Å². The fourth-order valence-electron chi connectivity index (χ4n) is 4.03. The molecule has 0 bridgehead atoms. The standard InChI is InChI=1S/C22H22ClN3O3/c1-2-25-13-17(26-20(22(25)29)21(28)18(27)12-24-26)19(14-7-4-3-5-8-14)15-9-6-10-16(23)11-15/h3-12,17-19,27-28H,2,13H2,1H3/t17-,18?,19+/m0/s1. The third-order valence-electron chi connectivity index (χ3n) is 5.43. The average molecular weight is 412 g/mol. The molecule has 2 heterocycles. The molecule has 0 saturated carbocycles. The van der Waals surface area contributed by atoms with Crippen molar-refractivity contribution >= 4 is 23.7 Å². The SMILES string of the molecule is CCN1C[C@@H]([C@H](c2ccccc2)c2cccc(Cl)c2)N2N=CC(O)C(O)=C2C1=O. The first kappa shape index (κ1) is 19.5. The van der Waals surface area contributed by atoms with Gasteiger partial charge in [0.1, 0.15) is 6.10 Å². The average Bonchev–Trinajstić information content (AvgIpc) is 2.73. The van der Waals surface area contributed by atoms with E-state index < -0.39 is 6.10 Å². The quantitative estimate of drug-likeness (QED) is 0.810. The summed E-state index contributed by atoms with van der Waals surface area (Å²) in [5.74, 6) is -0.867. The third kappa shape index (κ3) is 3.50. The summed E-state index contributed by atoms with van der Waals surface area (Å²) in [7, 11) is 0. The lowest BCUT2D eigenvalue weighted by atomic mass is 9.83. The Bertz CT molecular complexity index is 976. The van der Waals surface area contributed by atoms with Gasteiger partial charge in [-0.3, -0.25) is 9.80 Å². The van der Waals surface area contributed by atoms with Crippen LogP contribution < -0.4 is 0 Å². The van der Waals surface area contributed by atoms with Gasteiger partial charge in [-0.25, -0.2) is 0 Å². The van der Waals surface area contributed by atoms with Crippen LogP contribution in [0, 0.1) is 0 Å². The molecule has 7 heteroatoms. The van der Waals surface area contributed by atoms with Crippen LogP contribution in [0.15, 0.2) is 71.2 Å². The highest BCUT2D eigenvalue weighted by molar-refractivity contribution is 6.30. The topological polar surface area (TPSA) is 76.4 Å². The number of hydrogen-bond donors (Lipinski definition) is 2. The first-order chi connectivity index (χ1) is 14.0. The molecule has 2 N–H and O–H groups in total. The summed E-state index contributed by atoms with van der Waals surface area (Å²) < 4.78 is 0. The fourth-order valence-corrected chi connectivity index (χ4v) is 4.23. The Labute approximate surface area is 174 Å². The summed E-state index contributed by atoms with van der Waals surface area (Å²) in [5, 5.41) is 27.0. The van der Waals surface area contributed by atoms with Crippen LogP contribution in [0.1, 0.15) is 24.0 Å². The van der Waals surface area contributed by atoms with Gasteiger partial charge in [0.25, 0.3) is 5.91 Å². The number of amides is 1. The maximum atomic E-state index is 12.9. The molecule has 2 aromatic rings. The Kier molecular flexibility index (Phi) is 5.30. The van der Waals surface area contributed by atoms with E-state index in [-0.39, 0.29) is 29.3 Å². The van der Waals surface area contributed by atoms with E-state index in [0.717, 1.165) is 11.1 Å². The predicted octanol–water partition coefficient (Wildman–Crippen LogP) is 3.13. The normalized spacial score (nSPS) is 22.7. The molecule has 150 valence electrons. The van der Waals surface area contributed by atoms with Crippen LogP contribution in [0.3, 0.4) is 0 Å². The number of fused-ring (bicyclic) bond motifs is 1. The van der Waals surface area contributed by atoms with Crippen LogP contribution in [0.4, 0.5) is 0 Å². The minimum absolute atomic E-state index is 0.0288. The zero-order valence-corrected chi connectivity index (χ0v) is 16.7. The molecule has 1 saturated heterocycles. The fraction of sp³-hybridized carbons (Fsp3) is 0.273. The number of benzene rings is 2. The van der Waals surface area contributed by atoms with Gasteiger partial charge < -0.3 is 15.1 Å². The summed E-state index contributed by atoms with van der Waals surface area (Å²) >= 11 is 6.28. The van der Waals surface area contributed by atoms with Gasteiger partial charge in [-0.2, -0.15) is 5.10 Å². The highest BCUT2D eigenvalue weighted by atomic mass is 35.5. The Morgan fingerprint density at radius 2 is 1.90 bits per heavy atom. The summed E-state index contributed by atoms with van der Waals surface area (Å²) in [6, 6.07) is 17.3. The zero-order chi connectivity index (χ0) is 20.5. The highest BCUT2D eigenvalue weighted by Gasteiger charge is 2.44. The van der Waals surface area contributed by atoms with Crippen molar-refractivity contribution < 1.29 is 15.0 Å². The molecule has 3 atom stereocenters. The number of likely N-dealkylation sites (N-methyl/N-ethyl adjacent to an activating group) is 1. The number of piperazine rings is 1. The second-order valence-electron chi connectivity index (χ2n) is 7.14. The third-order valence-corrected chi connectivity index (χ3v) is 5.66. The van der Waals surface area contributed by atoms with Crippen molar-refractivity contribution in [3.63, 3.8) is 0 Å². The van der Waals surface area contributed by atoms with E-state index in [9.17, 15) is 15.0 Å². The Morgan fingerprint density at radius 1 is 1.17 bits per heavy atom. The van der Waals surface area contributed by atoms with Gasteiger partial charge >= 0.3 is 0 Å². The van der Waals surface area contributed by atoms with E-state index in [1.54, 1.807) is 9.91 Å². The van der Waals surface area contributed by atoms with Gasteiger partial charge in [0.15, 0.2) is 11.5 Å². The molecule has 4 rings (SSSR count). The summed E-state index contributed by atoms with van der Waals surface area (Å²) in [4.78, 5) is 14.6. The van der Waals surface area contributed by atoms with E-state index in [4.69, 9.17) is 11.6 Å². The number of carbonyl (C=O) groups excluding carboxylic acids is 1. The molecular formula is C22H22ClN3O3. The van der Waals surface area contributed by atoms with Crippen molar-refractivity contribution in [3.8, 4) is 0 Å². The molecule has 1 fully saturated rings. The first-order valence-electron chi connectivity index (χ1n) is 9.55. The lowest BCUT2D eigenvalue weighted by Crippen LogP contribution is -2.56. The summed E-state index contributed by atoms with van der Waals surface area (Å²) in [6.07, 6.45) is -0.0372. The van der Waals surface area contributed by atoms with E-state index in [1.807, 2.05) is 61.5 Å². The van der Waals surface area contributed by atoms with Gasteiger partial charge in [-0.05, 0) is 30.2 Å². The van der Waals surface area contributed by atoms with Crippen molar-refractivity contribution in [2.24, 2.45) is 5.10 Å². The van der Waals surface area contributed by atoms with E-state index in [0.29, 0.717) is 18.1 Å². The number of halogens is 1. The van der Waals surface area contributed by atoms with Gasteiger partial charge in [0, 0.05) is 24.0 Å². The van der Waals surface area contributed by atoms with Crippen molar-refractivity contribution in [1.29, 1.82) is 0 Å². The number of carbonyl (C=O) groups is 1. The Morgan fingerprint density at radius 3 is 2.59 bits per heavy atom. The molecule has 1 amide bonds. The highest BCUT2D eigenvalue weighted by Crippen LogP contribution is 2.38. The number of aliphatic hydroxyl groups is 2. The molecule has 2 aliphatic heterocycles. The molecule has 1 unspecified atom stereocenters. The lowest BCUT2D eigenvalue weighted by molar-refractivity contribution is -0.134. The van der Waals surface area contributed by atoms with Gasteiger partial charge in [-0.1, -0.05) is 54.1 Å². The van der Waals surface area contributed by atoms with Crippen molar-refractivity contribution in [1.82, 2.24) is 9.91 Å². The van der Waals surface area contributed by atoms with Crippen molar-refractivity contribution in [2.75, 3.05) is 13.1 Å². The van der Waals surface area contributed by atoms with Gasteiger partial charge in [-0.15, -0.1) is 0 Å². The van der Waals surface area contributed by atoms with E-state index >= 15 is 0 Å². The number of nitrogens with zero attached hydrogens (tertiary/aromatic N) is 3. The minimum Gasteiger partial charge on any atom is -0.507 e. The summed E-state index contributed by atoms with van der Waals surface area (Å²) in [6.45, 7) is 2.80. The van der Waals surface area contributed by atoms with Crippen LogP contribution in [-0.4, -0.2) is 57.5 Å². The molecule has 6 nitrogen and oxygen atoms in total. The van der Waals surface area contributed by atoms with E-state index in [1.165, 1.54) is 6.21 Å². The number of rotatable bonds is 4. The number of hydrogen-bond acceptors (Lipinski definition) is 5. The van der Waals surface area contributed by atoms with Crippen LogP contribution in [-0.2, 0) is 4.79 Å². The largest absolute Gasteiger partial charge is 0.507 e. The monoisotopic (exact) mass is 411 g/mol. The van der Waals surface area contributed by atoms with E-state index in [2.05, 4.69) is 5.10 Å². The smallest absolute Gasteiger partial charge is 0.275 e. The number of aliphatic hydroxyl groups excluding tert-OH is 2. The minimum atomic E-state index is -1.29. The predicted molar refractivity (Wildman–Crippen MR) is 112 cm³/mol. The van der Waals surface area contributed by atoms with Crippen LogP contribution in [0.2, 0.25) is 5.02 Å². The maximum absolute atomic E-state index is 12.9. The van der Waals surface area contributed by atoms with Gasteiger partial charge in [0.05, 0.1) is 12.3 Å². The zero-order valence-electron chi connectivity index (χ0n) is 15.9. The first-order valence-corrected chi connectivity index (χ1v) is 9.93. The molecule has 29 heavy (non-hydrogen) atoms. The second kappa shape index (κ2) is 7.89. The maximum Gasteiger partial charge on any atom is 0.275 e. The van der Waals surface area contributed by atoms with Crippen LogP contribution in [0.5, 0.6) is 0 Å². The second-order valence-corrected chi connectivity index (χ2v) is 7.58. The molecule has 0 aromatic heterocycles. The summed E-state index contributed by atoms with van der Waals surface area (Å²) in [5.41, 5.74) is 2.06. The Hall–Kier alpha value is -2.83. The molecule has 2 aliphatic rings. The lowest BCUT2D eigenvalue weighted by Gasteiger charge is -2.45. The molecule has 2 aromatic carbocycles. The molecular weight excluding hydrogens is 390 g/mol. The molecule has 0 spiro atoms. The van der Waals surface area contributed by atoms with Crippen LogP contribution in [0.25, 0.3) is 0 Å². The molecule has 0 radical (unpaired) electrons.